The van der Waals surface area contributed by atoms with Gasteiger partial charge in [0.1, 0.15) is 0 Å². The number of amides is 1. The minimum absolute atomic E-state index is 0.0999. The number of nitrogens with zero attached hydrogens (tertiary/aromatic N) is 2. The van der Waals surface area contributed by atoms with Gasteiger partial charge in [-0.15, -0.1) is 0 Å². The number of aryl methyl sites for hydroxylation is 2. The Bertz CT molecular complexity index is 1140. The fourth-order valence-electron chi connectivity index (χ4n) is 3.43. The zero-order valence-electron chi connectivity index (χ0n) is 18.6. The van der Waals surface area contributed by atoms with E-state index in [0.29, 0.717) is 5.56 Å². The third-order valence-corrected chi connectivity index (χ3v) is 7.38. The average Bonchev–Trinajstić information content (AvgIpc) is 2.79. The number of hydrogen-bond donors (Lipinski definition) is 0. The van der Waals surface area contributed by atoms with Crippen molar-refractivity contribution in [2.45, 2.75) is 25.4 Å². The summed E-state index contributed by atoms with van der Waals surface area (Å²) < 4.78 is 61.6. The van der Waals surface area contributed by atoms with Crippen LogP contribution in [0.4, 0.5) is 8.78 Å². The van der Waals surface area contributed by atoms with Crippen molar-refractivity contribution in [2.24, 2.45) is 0 Å². The lowest BCUT2D eigenvalue weighted by molar-refractivity contribution is -0.127. The topological polar surface area (TPSA) is 76.2 Å². The maximum absolute atomic E-state index is 12.9. The maximum atomic E-state index is 12.9. The average molecular weight is 481 g/mol. The zero-order valence-corrected chi connectivity index (χ0v) is 19.4. The molecule has 2 aromatic carbocycles. The predicted octanol–water partition coefficient (Wildman–Crippen LogP) is 3.46. The van der Waals surface area contributed by atoms with E-state index in [1.807, 2.05) is 13.8 Å². The molecule has 10 heteroatoms. The normalized spacial score (nSPS) is 15.3. The second kappa shape index (κ2) is 10.3. The van der Waals surface area contributed by atoms with E-state index in [1.54, 1.807) is 23.1 Å². The van der Waals surface area contributed by atoms with Crippen molar-refractivity contribution in [2.75, 3.05) is 33.3 Å². The molecule has 2 aromatic rings. The molecule has 0 aromatic heterocycles. The van der Waals surface area contributed by atoms with E-state index in [0.717, 1.165) is 11.1 Å². The van der Waals surface area contributed by atoms with E-state index in [2.05, 4.69) is 4.74 Å². The van der Waals surface area contributed by atoms with Crippen molar-refractivity contribution in [3.63, 3.8) is 0 Å². The van der Waals surface area contributed by atoms with Crippen LogP contribution in [-0.4, -0.2) is 63.4 Å². The van der Waals surface area contributed by atoms with Crippen molar-refractivity contribution in [1.82, 2.24) is 9.21 Å². The second-order valence-electron chi connectivity index (χ2n) is 7.60. The Morgan fingerprint density at radius 2 is 1.70 bits per heavy atom. The number of carbonyl (C=O) groups excluding carboxylic acids is 1. The van der Waals surface area contributed by atoms with Gasteiger partial charge in [-0.25, -0.2) is 8.42 Å². The molecule has 1 aliphatic rings. The molecule has 33 heavy (non-hydrogen) atoms. The highest BCUT2D eigenvalue weighted by molar-refractivity contribution is 7.89. The molecule has 1 saturated heterocycles. The zero-order chi connectivity index (χ0) is 24.2. The Kier molecular flexibility index (Phi) is 7.70. The first-order chi connectivity index (χ1) is 15.6. The van der Waals surface area contributed by atoms with Crippen molar-refractivity contribution in [3.05, 3.63) is 59.2 Å². The molecule has 3 rings (SSSR count). The summed E-state index contributed by atoms with van der Waals surface area (Å²) in [5, 5.41) is 0. The smallest absolute Gasteiger partial charge is 0.387 e. The van der Waals surface area contributed by atoms with Crippen LogP contribution in [0.15, 0.2) is 47.4 Å². The largest absolute Gasteiger partial charge is 0.493 e. The standard InChI is InChI=1S/C23H26F2N2O5S/c1-16-4-7-19(14-17(16)2)33(29,30)27-12-10-26(11-13-27)22(28)9-6-18-5-8-20(32-23(24)25)21(15-18)31-3/h4-9,14-15,23H,10-13H2,1-3H3/b9-6+. The van der Waals surface area contributed by atoms with Gasteiger partial charge in [0.05, 0.1) is 12.0 Å². The number of rotatable bonds is 7. The molecule has 1 aliphatic heterocycles. The van der Waals surface area contributed by atoms with E-state index in [4.69, 9.17) is 4.74 Å². The van der Waals surface area contributed by atoms with E-state index in [-0.39, 0.29) is 48.5 Å². The fourth-order valence-corrected chi connectivity index (χ4v) is 4.93. The summed E-state index contributed by atoms with van der Waals surface area (Å²) in [5.74, 6) is -0.253. The number of carbonyl (C=O) groups is 1. The van der Waals surface area contributed by atoms with Gasteiger partial charge in [-0.05, 0) is 60.9 Å². The van der Waals surface area contributed by atoms with Gasteiger partial charge in [0.2, 0.25) is 15.9 Å². The van der Waals surface area contributed by atoms with E-state index in [9.17, 15) is 22.0 Å². The molecule has 1 amide bonds. The molecule has 7 nitrogen and oxygen atoms in total. The molecule has 0 atom stereocenters. The SMILES string of the molecule is COc1cc(/C=C/C(=O)N2CCN(S(=O)(=O)c3ccc(C)c(C)c3)CC2)ccc1OC(F)F. The maximum Gasteiger partial charge on any atom is 0.387 e. The summed E-state index contributed by atoms with van der Waals surface area (Å²) in [6, 6.07) is 9.40. The van der Waals surface area contributed by atoms with Crippen LogP contribution in [0.2, 0.25) is 0 Å². The fraction of sp³-hybridized carbons (Fsp3) is 0.348. The Hall–Kier alpha value is -2.98. The lowest BCUT2D eigenvalue weighted by atomic mass is 10.1. The lowest BCUT2D eigenvalue weighted by Gasteiger charge is -2.33. The van der Waals surface area contributed by atoms with Crippen LogP contribution in [-0.2, 0) is 14.8 Å². The van der Waals surface area contributed by atoms with Crippen LogP contribution in [0.3, 0.4) is 0 Å². The number of halogens is 2. The number of hydrogen-bond acceptors (Lipinski definition) is 5. The Labute approximate surface area is 192 Å². The highest BCUT2D eigenvalue weighted by Gasteiger charge is 2.29. The first-order valence-corrected chi connectivity index (χ1v) is 11.7. The van der Waals surface area contributed by atoms with Crippen LogP contribution < -0.4 is 9.47 Å². The van der Waals surface area contributed by atoms with Crippen LogP contribution in [0.1, 0.15) is 16.7 Å². The summed E-state index contributed by atoms with van der Waals surface area (Å²) in [6.07, 6.45) is 2.89. The van der Waals surface area contributed by atoms with Gasteiger partial charge in [-0.2, -0.15) is 13.1 Å². The van der Waals surface area contributed by atoms with Gasteiger partial charge in [-0.3, -0.25) is 4.79 Å². The van der Waals surface area contributed by atoms with Crippen LogP contribution >= 0.6 is 0 Å². The number of benzene rings is 2. The Balaban J connectivity index is 1.62. The summed E-state index contributed by atoms with van der Waals surface area (Å²) in [4.78, 5) is 14.4. The molecule has 0 saturated carbocycles. The van der Waals surface area contributed by atoms with Gasteiger partial charge in [-0.1, -0.05) is 12.1 Å². The van der Waals surface area contributed by atoms with Gasteiger partial charge in [0.25, 0.3) is 0 Å². The molecule has 0 N–H and O–H groups in total. The van der Waals surface area contributed by atoms with Crippen molar-refractivity contribution in [1.29, 1.82) is 0 Å². The monoisotopic (exact) mass is 480 g/mol. The molecule has 0 aliphatic carbocycles. The van der Waals surface area contributed by atoms with Crippen LogP contribution in [0, 0.1) is 13.8 Å². The number of piperazine rings is 1. The minimum atomic E-state index is -3.63. The number of methoxy groups -OCH3 is 1. The molecule has 0 bridgehead atoms. The van der Waals surface area contributed by atoms with E-state index < -0.39 is 16.6 Å². The van der Waals surface area contributed by atoms with Crippen LogP contribution in [0.5, 0.6) is 11.5 Å². The molecule has 0 unspecified atom stereocenters. The third-order valence-electron chi connectivity index (χ3n) is 5.49. The van der Waals surface area contributed by atoms with Gasteiger partial charge >= 0.3 is 6.61 Å². The second-order valence-corrected chi connectivity index (χ2v) is 9.54. The molecule has 0 spiro atoms. The molecule has 178 valence electrons. The van der Waals surface area contributed by atoms with Crippen LogP contribution in [0.25, 0.3) is 6.08 Å². The predicted molar refractivity (Wildman–Crippen MR) is 120 cm³/mol. The Morgan fingerprint density at radius 3 is 2.30 bits per heavy atom. The van der Waals surface area contributed by atoms with Gasteiger partial charge in [0.15, 0.2) is 11.5 Å². The number of sulfonamides is 1. The molecule has 1 heterocycles. The van der Waals surface area contributed by atoms with Gasteiger partial charge in [0, 0.05) is 32.3 Å². The Morgan fingerprint density at radius 1 is 1.00 bits per heavy atom. The van der Waals surface area contributed by atoms with Crippen molar-refractivity contribution < 1.29 is 31.5 Å². The quantitative estimate of drug-likeness (QED) is 0.568. The molecular weight excluding hydrogens is 454 g/mol. The molecule has 1 fully saturated rings. The summed E-state index contributed by atoms with van der Waals surface area (Å²) in [6.45, 7) is 1.73. The molecular formula is C23H26F2N2O5S. The lowest BCUT2D eigenvalue weighted by Crippen LogP contribution is -2.50. The van der Waals surface area contributed by atoms with Gasteiger partial charge < -0.3 is 14.4 Å². The number of alkyl halides is 2. The molecule has 0 radical (unpaired) electrons. The third kappa shape index (κ3) is 5.88. The minimum Gasteiger partial charge on any atom is -0.493 e. The number of ether oxygens (including phenoxy) is 2. The summed E-state index contributed by atoms with van der Waals surface area (Å²) in [5.41, 5.74) is 2.49. The van der Waals surface area contributed by atoms with E-state index in [1.165, 1.54) is 41.8 Å². The first kappa shape index (κ1) is 24.7. The van der Waals surface area contributed by atoms with Crippen molar-refractivity contribution >= 4 is 22.0 Å². The summed E-state index contributed by atoms with van der Waals surface area (Å²) >= 11 is 0. The van der Waals surface area contributed by atoms with E-state index >= 15 is 0 Å². The summed E-state index contributed by atoms with van der Waals surface area (Å²) in [7, 11) is -2.30. The highest BCUT2D eigenvalue weighted by atomic mass is 32.2. The highest BCUT2D eigenvalue weighted by Crippen LogP contribution is 2.30. The van der Waals surface area contributed by atoms with Crippen molar-refractivity contribution in [3.8, 4) is 11.5 Å². The first-order valence-electron chi connectivity index (χ1n) is 10.3.